The van der Waals surface area contributed by atoms with Crippen molar-refractivity contribution in [2.75, 3.05) is 10.8 Å². The van der Waals surface area contributed by atoms with E-state index in [2.05, 4.69) is 0 Å². The average molecular weight is 392 g/mol. The van der Waals surface area contributed by atoms with Crippen LogP contribution in [0.25, 0.3) is 0 Å². The Morgan fingerprint density at radius 1 is 1.08 bits per heavy atom. The second kappa shape index (κ2) is 7.38. The van der Waals surface area contributed by atoms with Crippen LogP contribution in [0.4, 0.5) is 10.1 Å². The molecule has 5 nitrogen and oxygen atoms in total. The number of hydrogen-bond donors (Lipinski definition) is 1. The van der Waals surface area contributed by atoms with E-state index in [-0.39, 0.29) is 15.6 Å². The second-order valence-corrected chi connectivity index (χ2v) is 7.51. The number of rotatable bonds is 6. The van der Waals surface area contributed by atoms with Gasteiger partial charge in [-0.3, -0.25) is 9.10 Å². The minimum absolute atomic E-state index is 0.123. The molecule has 0 saturated heterocycles. The summed E-state index contributed by atoms with van der Waals surface area (Å²) in [5.41, 5.74) is -0.321. The van der Waals surface area contributed by atoms with E-state index in [9.17, 15) is 17.6 Å². The molecule has 0 radical (unpaired) electrons. The van der Waals surface area contributed by atoms with Gasteiger partial charge in [-0.15, -0.1) is 0 Å². The van der Waals surface area contributed by atoms with E-state index in [1.165, 1.54) is 30.3 Å². The summed E-state index contributed by atoms with van der Waals surface area (Å²) in [6.45, 7) is -0.447. The van der Waals surface area contributed by atoms with E-state index in [1.54, 1.807) is 0 Å². The monoisotopic (exact) mass is 391 g/mol. The van der Waals surface area contributed by atoms with Gasteiger partial charge < -0.3 is 5.11 Å². The van der Waals surface area contributed by atoms with Crippen LogP contribution in [0.2, 0.25) is 10.0 Å². The zero-order valence-corrected chi connectivity index (χ0v) is 14.4. The molecule has 0 atom stereocenters. The van der Waals surface area contributed by atoms with E-state index >= 15 is 0 Å². The third-order valence-corrected chi connectivity index (χ3v) is 5.42. The summed E-state index contributed by atoms with van der Waals surface area (Å²) in [6, 6.07) is 8.68. The molecule has 0 aliphatic carbocycles. The van der Waals surface area contributed by atoms with Crippen molar-refractivity contribution in [3.8, 4) is 0 Å². The zero-order chi connectivity index (χ0) is 17.9. The van der Waals surface area contributed by atoms with Gasteiger partial charge >= 0.3 is 5.97 Å². The molecular weight excluding hydrogens is 380 g/mol. The first kappa shape index (κ1) is 18.5. The Morgan fingerprint density at radius 2 is 1.67 bits per heavy atom. The van der Waals surface area contributed by atoms with Crippen molar-refractivity contribution in [2.24, 2.45) is 0 Å². The van der Waals surface area contributed by atoms with Crippen LogP contribution in [-0.4, -0.2) is 26.0 Å². The van der Waals surface area contributed by atoms with Crippen molar-refractivity contribution in [2.45, 2.75) is 11.3 Å². The Balaban J connectivity index is 2.54. The van der Waals surface area contributed by atoms with E-state index in [0.717, 1.165) is 12.1 Å². The van der Waals surface area contributed by atoms with Crippen LogP contribution >= 0.6 is 23.2 Å². The van der Waals surface area contributed by atoms with Gasteiger partial charge in [0.2, 0.25) is 0 Å². The highest BCUT2D eigenvalue weighted by molar-refractivity contribution is 7.92. The number of nitrogens with zero attached hydrogens (tertiary/aromatic N) is 1. The first-order chi connectivity index (χ1) is 11.2. The van der Waals surface area contributed by atoms with Crippen molar-refractivity contribution >= 4 is 44.9 Å². The standard InChI is InChI=1S/C15H12Cl2FNO4S/c16-10-1-4-12(5-2-10)24(22,23)19(8-7-15(20)21)14-9-11(17)3-6-13(14)18/h1-6,9H,7-8H2,(H,20,21). The Morgan fingerprint density at radius 3 is 2.25 bits per heavy atom. The Labute approximate surface area is 148 Å². The van der Waals surface area contributed by atoms with Crippen molar-refractivity contribution in [1.82, 2.24) is 0 Å². The maximum Gasteiger partial charge on any atom is 0.305 e. The van der Waals surface area contributed by atoms with Gasteiger partial charge in [0.25, 0.3) is 10.0 Å². The number of halogens is 3. The summed E-state index contributed by atoms with van der Waals surface area (Å²) in [5, 5.41) is 9.30. The van der Waals surface area contributed by atoms with E-state index < -0.39 is 34.8 Å². The molecule has 0 aromatic heterocycles. The molecule has 2 rings (SSSR count). The molecule has 128 valence electrons. The lowest BCUT2D eigenvalue weighted by molar-refractivity contribution is -0.136. The molecule has 2 aromatic carbocycles. The number of carbonyl (C=O) groups is 1. The molecular formula is C15H12Cl2FNO4S. The molecule has 0 heterocycles. The smallest absolute Gasteiger partial charge is 0.305 e. The van der Waals surface area contributed by atoms with Crippen LogP contribution in [0.15, 0.2) is 47.4 Å². The molecule has 0 bridgehead atoms. The van der Waals surface area contributed by atoms with Crippen LogP contribution in [-0.2, 0) is 14.8 Å². The number of benzene rings is 2. The normalized spacial score (nSPS) is 11.3. The fourth-order valence-corrected chi connectivity index (χ4v) is 3.74. The van der Waals surface area contributed by atoms with Crippen molar-refractivity contribution in [1.29, 1.82) is 0 Å². The van der Waals surface area contributed by atoms with Crippen LogP contribution in [0.5, 0.6) is 0 Å². The summed E-state index contributed by atoms with van der Waals surface area (Å²) >= 11 is 11.6. The summed E-state index contributed by atoms with van der Waals surface area (Å²) in [7, 11) is -4.19. The summed E-state index contributed by atoms with van der Waals surface area (Å²) in [5.74, 6) is -2.05. The summed E-state index contributed by atoms with van der Waals surface area (Å²) in [6.07, 6.45) is -0.501. The zero-order valence-electron chi connectivity index (χ0n) is 12.1. The predicted molar refractivity (Wildman–Crippen MR) is 89.6 cm³/mol. The van der Waals surface area contributed by atoms with E-state index in [1.807, 2.05) is 0 Å². The molecule has 9 heteroatoms. The fourth-order valence-electron chi connectivity index (χ4n) is 1.98. The van der Waals surface area contributed by atoms with Crippen LogP contribution in [0.3, 0.4) is 0 Å². The quantitative estimate of drug-likeness (QED) is 0.812. The topological polar surface area (TPSA) is 74.7 Å². The molecule has 0 aliphatic rings. The van der Waals surface area contributed by atoms with E-state index in [4.69, 9.17) is 28.3 Å². The number of aliphatic carboxylic acids is 1. The highest BCUT2D eigenvalue weighted by Crippen LogP contribution is 2.29. The maximum absolute atomic E-state index is 14.1. The highest BCUT2D eigenvalue weighted by Gasteiger charge is 2.27. The maximum atomic E-state index is 14.1. The first-order valence-electron chi connectivity index (χ1n) is 6.67. The van der Waals surface area contributed by atoms with Crippen LogP contribution in [0, 0.1) is 5.82 Å². The van der Waals surface area contributed by atoms with Crippen molar-refractivity contribution in [3.05, 3.63) is 58.3 Å². The van der Waals surface area contributed by atoms with Gasteiger partial charge in [-0.2, -0.15) is 0 Å². The fraction of sp³-hybridized carbons (Fsp3) is 0.133. The Hall–Kier alpha value is -1.83. The summed E-state index contributed by atoms with van der Waals surface area (Å²) in [4.78, 5) is 10.7. The molecule has 24 heavy (non-hydrogen) atoms. The highest BCUT2D eigenvalue weighted by atomic mass is 35.5. The van der Waals surface area contributed by atoms with Gasteiger partial charge in [-0.25, -0.2) is 12.8 Å². The lowest BCUT2D eigenvalue weighted by Gasteiger charge is -2.24. The summed E-state index contributed by atoms with van der Waals surface area (Å²) < 4.78 is 40.4. The molecule has 0 saturated carbocycles. The molecule has 0 spiro atoms. The number of anilines is 1. The molecule has 2 aromatic rings. The SMILES string of the molecule is O=C(O)CCN(c1cc(Cl)ccc1F)S(=O)(=O)c1ccc(Cl)cc1. The molecule has 0 amide bonds. The van der Waals surface area contributed by atoms with Crippen LogP contribution in [0.1, 0.15) is 6.42 Å². The van der Waals surface area contributed by atoms with Gasteiger partial charge in [0.05, 0.1) is 17.0 Å². The number of carboxylic acids is 1. The first-order valence-corrected chi connectivity index (χ1v) is 8.86. The number of sulfonamides is 1. The molecule has 0 aliphatic heterocycles. The second-order valence-electron chi connectivity index (χ2n) is 4.77. The van der Waals surface area contributed by atoms with E-state index in [0.29, 0.717) is 9.33 Å². The molecule has 1 N–H and O–H groups in total. The van der Waals surface area contributed by atoms with Crippen molar-refractivity contribution in [3.63, 3.8) is 0 Å². The number of hydrogen-bond acceptors (Lipinski definition) is 3. The Kier molecular flexibility index (Phi) is 5.69. The minimum atomic E-state index is -4.19. The van der Waals surface area contributed by atoms with Gasteiger partial charge in [-0.1, -0.05) is 23.2 Å². The Bertz CT molecular complexity index is 856. The molecule has 0 fully saturated rings. The number of carboxylic acid groups (broad SMARTS) is 1. The third kappa shape index (κ3) is 4.17. The van der Waals surface area contributed by atoms with Crippen molar-refractivity contribution < 1.29 is 22.7 Å². The predicted octanol–water partition coefficient (Wildman–Crippen LogP) is 3.80. The van der Waals surface area contributed by atoms with Gasteiger partial charge in [0.1, 0.15) is 5.82 Å². The minimum Gasteiger partial charge on any atom is -0.481 e. The third-order valence-electron chi connectivity index (χ3n) is 3.11. The lowest BCUT2D eigenvalue weighted by atomic mass is 10.3. The lowest BCUT2D eigenvalue weighted by Crippen LogP contribution is -2.33. The average Bonchev–Trinajstić information content (AvgIpc) is 2.50. The molecule has 0 unspecified atom stereocenters. The van der Waals surface area contributed by atoms with Gasteiger partial charge in [-0.05, 0) is 42.5 Å². The van der Waals surface area contributed by atoms with Gasteiger partial charge in [0.15, 0.2) is 0 Å². The van der Waals surface area contributed by atoms with Gasteiger partial charge in [0, 0.05) is 16.6 Å². The largest absolute Gasteiger partial charge is 0.481 e. The van der Waals surface area contributed by atoms with Crippen LogP contribution < -0.4 is 4.31 Å².